The van der Waals surface area contributed by atoms with Crippen molar-refractivity contribution in [3.05, 3.63) is 42.1 Å². The van der Waals surface area contributed by atoms with Crippen LogP contribution in [-0.2, 0) is 4.79 Å². The van der Waals surface area contributed by atoms with Gasteiger partial charge in [-0.1, -0.05) is 30.3 Å². The van der Waals surface area contributed by atoms with Crippen molar-refractivity contribution in [1.29, 1.82) is 0 Å². The van der Waals surface area contributed by atoms with Crippen LogP contribution in [0.2, 0.25) is 0 Å². The zero-order valence-electron chi connectivity index (χ0n) is 12.1. The molecule has 1 aromatic carbocycles. The molecule has 0 spiro atoms. The molecule has 0 aliphatic carbocycles. The van der Waals surface area contributed by atoms with Crippen LogP contribution in [0.3, 0.4) is 0 Å². The highest BCUT2D eigenvalue weighted by Gasteiger charge is 2.16. The van der Waals surface area contributed by atoms with Gasteiger partial charge in [0.1, 0.15) is 0 Å². The molecular formula is C15H20N4O. The topological polar surface area (TPSA) is 61.0 Å². The molecule has 0 saturated carbocycles. The number of aromatic nitrogens is 2. The Balaban J connectivity index is 2.10. The van der Waals surface area contributed by atoms with Gasteiger partial charge in [-0.2, -0.15) is 5.10 Å². The maximum Gasteiger partial charge on any atom is 0.233 e. The summed E-state index contributed by atoms with van der Waals surface area (Å²) in [7, 11) is 3.56. The minimum Gasteiger partial charge on any atom is -0.358 e. The zero-order valence-corrected chi connectivity index (χ0v) is 12.1. The predicted molar refractivity (Wildman–Crippen MR) is 79.1 cm³/mol. The zero-order chi connectivity index (χ0) is 14.5. The van der Waals surface area contributed by atoms with Gasteiger partial charge in [-0.25, -0.2) is 0 Å². The van der Waals surface area contributed by atoms with Gasteiger partial charge < -0.3 is 5.32 Å². The van der Waals surface area contributed by atoms with Crippen LogP contribution < -0.4 is 5.32 Å². The van der Waals surface area contributed by atoms with Gasteiger partial charge in [-0.15, -0.1) is 0 Å². The third kappa shape index (κ3) is 3.24. The lowest BCUT2D eigenvalue weighted by atomic mass is 10.1. The third-order valence-electron chi connectivity index (χ3n) is 3.45. The van der Waals surface area contributed by atoms with E-state index >= 15 is 0 Å². The molecule has 1 amide bonds. The molecule has 2 rings (SSSR count). The van der Waals surface area contributed by atoms with Gasteiger partial charge in [-0.05, 0) is 20.0 Å². The van der Waals surface area contributed by atoms with Gasteiger partial charge in [0.15, 0.2) is 0 Å². The molecule has 1 atom stereocenters. The highest BCUT2D eigenvalue weighted by molar-refractivity contribution is 5.77. The maximum absolute atomic E-state index is 11.4. The first-order chi connectivity index (χ1) is 9.61. The summed E-state index contributed by atoms with van der Waals surface area (Å²) >= 11 is 0. The molecular weight excluding hydrogens is 252 g/mol. The Morgan fingerprint density at radius 2 is 2.10 bits per heavy atom. The molecule has 0 aliphatic heterocycles. The minimum absolute atomic E-state index is 0.00199. The first-order valence-electron chi connectivity index (χ1n) is 6.63. The molecule has 5 heteroatoms. The molecule has 5 nitrogen and oxygen atoms in total. The summed E-state index contributed by atoms with van der Waals surface area (Å²) in [5.74, 6) is 0.00199. The van der Waals surface area contributed by atoms with Crippen LogP contribution >= 0.6 is 0 Å². The first kappa shape index (κ1) is 14.3. The lowest BCUT2D eigenvalue weighted by Gasteiger charge is -2.22. The highest BCUT2D eigenvalue weighted by atomic mass is 16.1. The Hall–Kier alpha value is -2.14. The standard InChI is InChI=1S/C15H20N4O/c1-11(19(3)10-15(20)16-2)13-9-14(18-17-13)12-7-5-4-6-8-12/h4-9,11H,10H2,1-3H3,(H,16,20)(H,17,18)/t11-/m0/s1. The van der Waals surface area contributed by atoms with Gasteiger partial charge in [0, 0.05) is 18.7 Å². The molecule has 0 unspecified atom stereocenters. The van der Waals surface area contributed by atoms with Crippen molar-refractivity contribution in [3.63, 3.8) is 0 Å². The summed E-state index contributed by atoms with van der Waals surface area (Å²) in [5.41, 5.74) is 2.99. The molecule has 0 fully saturated rings. The van der Waals surface area contributed by atoms with Crippen LogP contribution in [0.25, 0.3) is 11.3 Å². The lowest BCUT2D eigenvalue weighted by molar-refractivity contribution is -0.121. The molecule has 1 aromatic heterocycles. The third-order valence-corrected chi connectivity index (χ3v) is 3.45. The van der Waals surface area contributed by atoms with Gasteiger partial charge in [-0.3, -0.25) is 14.8 Å². The second-order valence-corrected chi connectivity index (χ2v) is 4.84. The van der Waals surface area contributed by atoms with Crippen molar-refractivity contribution >= 4 is 5.91 Å². The number of carbonyl (C=O) groups is 1. The van der Waals surface area contributed by atoms with E-state index in [2.05, 4.69) is 15.5 Å². The summed E-state index contributed by atoms with van der Waals surface area (Å²) in [6.45, 7) is 2.41. The monoisotopic (exact) mass is 272 g/mol. The second-order valence-electron chi connectivity index (χ2n) is 4.84. The number of rotatable bonds is 5. The van der Waals surface area contributed by atoms with E-state index in [1.54, 1.807) is 7.05 Å². The predicted octanol–water partition coefficient (Wildman–Crippen LogP) is 1.82. The number of likely N-dealkylation sites (N-methyl/N-ethyl adjacent to an activating group) is 2. The average molecular weight is 272 g/mol. The number of benzene rings is 1. The van der Waals surface area contributed by atoms with E-state index in [0.29, 0.717) is 6.54 Å². The van der Waals surface area contributed by atoms with Gasteiger partial charge in [0.25, 0.3) is 0 Å². The smallest absolute Gasteiger partial charge is 0.233 e. The lowest BCUT2D eigenvalue weighted by Crippen LogP contribution is -2.34. The van der Waals surface area contributed by atoms with Crippen molar-refractivity contribution in [1.82, 2.24) is 20.4 Å². The van der Waals surface area contributed by atoms with Crippen LogP contribution in [0, 0.1) is 0 Å². The van der Waals surface area contributed by atoms with Crippen LogP contribution in [-0.4, -0.2) is 41.6 Å². The summed E-state index contributed by atoms with van der Waals surface area (Å²) in [5, 5.41) is 10.0. The molecule has 0 bridgehead atoms. The summed E-state index contributed by atoms with van der Waals surface area (Å²) in [4.78, 5) is 13.4. The number of hydrogen-bond donors (Lipinski definition) is 2. The van der Waals surface area contributed by atoms with E-state index in [1.807, 2.05) is 55.3 Å². The number of hydrogen-bond acceptors (Lipinski definition) is 3. The first-order valence-corrected chi connectivity index (χ1v) is 6.63. The summed E-state index contributed by atoms with van der Waals surface area (Å²) in [6.07, 6.45) is 0. The van der Waals surface area contributed by atoms with Gasteiger partial charge in [0.05, 0.1) is 17.9 Å². The molecule has 1 heterocycles. The fourth-order valence-electron chi connectivity index (χ4n) is 1.99. The summed E-state index contributed by atoms with van der Waals surface area (Å²) < 4.78 is 0. The quantitative estimate of drug-likeness (QED) is 0.872. The fourth-order valence-corrected chi connectivity index (χ4v) is 1.99. The normalized spacial score (nSPS) is 12.4. The Bertz CT molecular complexity index is 564. The van der Waals surface area contributed by atoms with Crippen LogP contribution in [0.15, 0.2) is 36.4 Å². The van der Waals surface area contributed by atoms with E-state index < -0.39 is 0 Å². The van der Waals surface area contributed by atoms with E-state index in [9.17, 15) is 4.79 Å². The Morgan fingerprint density at radius 3 is 2.75 bits per heavy atom. The van der Waals surface area contributed by atoms with Crippen molar-refractivity contribution < 1.29 is 4.79 Å². The van der Waals surface area contributed by atoms with E-state index in [0.717, 1.165) is 17.0 Å². The maximum atomic E-state index is 11.4. The molecule has 0 radical (unpaired) electrons. The molecule has 106 valence electrons. The molecule has 0 aliphatic rings. The summed E-state index contributed by atoms with van der Waals surface area (Å²) in [6, 6.07) is 12.1. The van der Waals surface area contributed by atoms with Crippen molar-refractivity contribution in [2.24, 2.45) is 0 Å². The molecule has 2 N–H and O–H groups in total. The molecule has 0 saturated heterocycles. The van der Waals surface area contributed by atoms with Gasteiger partial charge in [0.2, 0.25) is 5.91 Å². The second kappa shape index (κ2) is 6.34. The fraction of sp³-hybridized carbons (Fsp3) is 0.333. The number of nitrogens with zero attached hydrogens (tertiary/aromatic N) is 2. The number of H-pyrrole nitrogens is 1. The Kier molecular flexibility index (Phi) is 4.53. The van der Waals surface area contributed by atoms with Crippen molar-refractivity contribution in [2.45, 2.75) is 13.0 Å². The number of carbonyl (C=O) groups excluding carboxylic acids is 1. The minimum atomic E-state index is 0.00199. The number of amides is 1. The largest absolute Gasteiger partial charge is 0.358 e. The van der Waals surface area contributed by atoms with Gasteiger partial charge >= 0.3 is 0 Å². The molecule has 2 aromatic rings. The average Bonchev–Trinajstić information content (AvgIpc) is 2.97. The van der Waals surface area contributed by atoms with Crippen molar-refractivity contribution in [2.75, 3.05) is 20.6 Å². The van der Waals surface area contributed by atoms with E-state index in [4.69, 9.17) is 0 Å². The SMILES string of the molecule is CNC(=O)CN(C)[C@@H](C)c1cc(-c2ccccc2)n[nH]1. The van der Waals surface area contributed by atoms with Crippen LogP contribution in [0.5, 0.6) is 0 Å². The van der Waals surface area contributed by atoms with E-state index in [1.165, 1.54) is 0 Å². The Morgan fingerprint density at radius 1 is 1.40 bits per heavy atom. The number of nitrogens with one attached hydrogen (secondary N) is 2. The van der Waals surface area contributed by atoms with E-state index in [-0.39, 0.29) is 11.9 Å². The molecule has 20 heavy (non-hydrogen) atoms. The van der Waals surface area contributed by atoms with Crippen molar-refractivity contribution in [3.8, 4) is 11.3 Å². The van der Waals surface area contributed by atoms with Crippen LogP contribution in [0.4, 0.5) is 0 Å². The Labute approximate surface area is 119 Å². The van der Waals surface area contributed by atoms with Crippen LogP contribution in [0.1, 0.15) is 18.7 Å². The number of aromatic amines is 1. The highest BCUT2D eigenvalue weighted by Crippen LogP contribution is 2.22.